The van der Waals surface area contributed by atoms with Crippen molar-refractivity contribution in [1.29, 1.82) is 0 Å². The number of nitrogens with zero attached hydrogens (tertiary/aromatic N) is 1. The quantitative estimate of drug-likeness (QED) is 0.744. The molecule has 3 atom stereocenters. The lowest BCUT2D eigenvalue weighted by atomic mass is 10.0. The Balaban J connectivity index is 2.33. The Kier molecular flexibility index (Phi) is 4.90. The van der Waals surface area contributed by atoms with Crippen LogP contribution in [0.5, 0.6) is 0 Å². The second kappa shape index (κ2) is 5.72. The standard InChI is InChI=1S/C12H26N2/c1-5-6-10(2)8-14-9-11(3)13-7-12(14)4/h10-13H,5-9H2,1-4H3. The van der Waals surface area contributed by atoms with E-state index in [9.17, 15) is 0 Å². The van der Waals surface area contributed by atoms with Crippen LogP contribution >= 0.6 is 0 Å². The molecule has 14 heavy (non-hydrogen) atoms. The van der Waals surface area contributed by atoms with Gasteiger partial charge in [0.15, 0.2) is 0 Å². The van der Waals surface area contributed by atoms with Gasteiger partial charge in [0.2, 0.25) is 0 Å². The van der Waals surface area contributed by atoms with E-state index in [0.717, 1.165) is 12.5 Å². The van der Waals surface area contributed by atoms with E-state index in [1.807, 2.05) is 0 Å². The third-order valence-electron chi connectivity index (χ3n) is 3.22. The van der Waals surface area contributed by atoms with Gasteiger partial charge in [0.25, 0.3) is 0 Å². The number of hydrogen-bond donors (Lipinski definition) is 1. The van der Waals surface area contributed by atoms with Gasteiger partial charge in [0.1, 0.15) is 0 Å². The molecule has 1 aliphatic rings. The van der Waals surface area contributed by atoms with E-state index in [-0.39, 0.29) is 0 Å². The second-order valence-electron chi connectivity index (χ2n) is 5.01. The summed E-state index contributed by atoms with van der Waals surface area (Å²) in [4.78, 5) is 2.64. The molecule has 84 valence electrons. The van der Waals surface area contributed by atoms with E-state index < -0.39 is 0 Å². The van der Waals surface area contributed by atoms with Gasteiger partial charge in [-0.1, -0.05) is 20.3 Å². The summed E-state index contributed by atoms with van der Waals surface area (Å²) in [5.41, 5.74) is 0. The predicted molar refractivity (Wildman–Crippen MR) is 62.6 cm³/mol. The lowest BCUT2D eigenvalue weighted by Gasteiger charge is -2.38. The summed E-state index contributed by atoms with van der Waals surface area (Å²) in [6, 6.07) is 1.38. The molecule has 0 aliphatic carbocycles. The molecule has 1 rings (SSSR count). The minimum Gasteiger partial charge on any atom is -0.311 e. The van der Waals surface area contributed by atoms with Crippen LogP contribution in [0.3, 0.4) is 0 Å². The molecule has 2 heteroatoms. The first-order valence-electron chi connectivity index (χ1n) is 6.11. The molecule has 3 unspecified atom stereocenters. The monoisotopic (exact) mass is 198 g/mol. The molecule has 0 aromatic rings. The molecule has 0 bridgehead atoms. The maximum Gasteiger partial charge on any atom is 0.0193 e. The number of piperazine rings is 1. The van der Waals surface area contributed by atoms with E-state index >= 15 is 0 Å². The normalized spacial score (nSPS) is 31.7. The molecule has 0 radical (unpaired) electrons. The molecule has 2 nitrogen and oxygen atoms in total. The van der Waals surface area contributed by atoms with Crippen molar-refractivity contribution in [2.45, 2.75) is 52.6 Å². The summed E-state index contributed by atoms with van der Waals surface area (Å²) in [5, 5.41) is 3.53. The fraction of sp³-hybridized carbons (Fsp3) is 1.00. The van der Waals surface area contributed by atoms with E-state index in [0.29, 0.717) is 12.1 Å². The van der Waals surface area contributed by atoms with Gasteiger partial charge in [-0.2, -0.15) is 0 Å². The Morgan fingerprint density at radius 1 is 1.43 bits per heavy atom. The first-order valence-corrected chi connectivity index (χ1v) is 6.11. The molecule has 0 aromatic carbocycles. The summed E-state index contributed by atoms with van der Waals surface area (Å²) in [6.45, 7) is 12.9. The number of nitrogens with one attached hydrogen (secondary N) is 1. The largest absolute Gasteiger partial charge is 0.311 e. The smallest absolute Gasteiger partial charge is 0.0193 e. The van der Waals surface area contributed by atoms with Gasteiger partial charge in [-0.15, -0.1) is 0 Å². The van der Waals surface area contributed by atoms with Crippen LogP contribution in [0.15, 0.2) is 0 Å². The van der Waals surface area contributed by atoms with Crippen LogP contribution < -0.4 is 5.32 Å². The van der Waals surface area contributed by atoms with Crippen LogP contribution in [0.4, 0.5) is 0 Å². The Bertz CT molecular complexity index is 158. The van der Waals surface area contributed by atoms with Crippen LogP contribution in [0.1, 0.15) is 40.5 Å². The minimum absolute atomic E-state index is 0.667. The van der Waals surface area contributed by atoms with Gasteiger partial charge in [0.05, 0.1) is 0 Å². The van der Waals surface area contributed by atoms with Crippen molar-refractivity contribution < 1.29 is 0 Å². The molecule has 1 heterocycles. The Morgan fingerprint density at radius 3 is 2.79 bits per heavy atom. The van der Waals surface area contributed by atoms with Gasteiger partial charge in [0, 0.05) is 31.7 Å². The molecule has 1 fully saturated rings. The third kappa shape index (κ3) is 3.58. The van der Waals surface area contributed by atoms with Crippen molar-refractivity contribution in [2.75, 3.05) is 19.6 Å². The van der Waals surface area contributed by atoms with Crippen molar-refractivity contribution in [1.82, 2.24) is 10.2 Å². The highest BCUT2D eigenvalue weighted by atomic mass is 15.2. The van der Waals surface area contributed by atoms with Gasteiger partial charge in [-0.05, 0) is 26.2 Å². The highest BCUT2D eigenvalue weighted by molar-refractivity contribution is 4.82. The Labute approximate surface area is 89.1 Å². The SMILES string of the molecule is CCCC(C)CN1CC(C)NCC1C. The summed E-state index contributed by atoms with van der Waals surface area (Å²) < 4.78 is 0. The summed E-state index contributed by atoms with van der Waals surface area (Å²) in [7, 11) is 0. The molecular weight excluding hydrogens is 172 g/mol. The number of hydrogen-bond acceptors (Lipinski definition) is 2. The minimum atomic E-state index is 0.667. The zero-order chi connectivity index (χ0) is 10.6. The van der Waals surface area contributed by atoms with Crippen LogP contribution in [0.25, 0.3) is 0 Å². The van der Waals surface area contributed by atoms with E-state index in [2.05, 4.69) is 37.9 Å². The fourth-order valence-electron chi connectivity index (χ4n) is 2.34. The van der Waals surface area contributed by atoms with Crippen molar-refractivity contribution in [2.24, 2.45) is 5.92 Å². The van der Waals surface area contributed by atoms with Crippen LogP contribution in [-0.2, 0) is 0 Å². The maximum atomic E-state index is 3.53. The van der Waals surface area contributed by atoms with Crippen molar-refractivity contribution >= 4 is 0 Å². The van der Waals surface area contributed by atoms with E-state index in [1.165, 1.54) is 25.9 Å². The van der Waals surface area contributed by atoms with Crippen LogP contribution in [0.2, 0.25) is 0 Å². The third-order valence-corrected chi connectivity index (χ3v) is 3.22. The molecule has 1 saturated heterocycles. The average Bonchev–Trinajstić information content (AvgIpc) is 2.12. The van der Waals surface area contributed by atoms with Crippen LogP contribution in [0, 0.1) is 5.92 Å². The molecule has 0 amide bonds. The molecule has 1 aliphatic heterocycles. The molecule has 1 N–H and O–H groups in total. The average molecular weight is 198 g/mol. The van der Waals surface area contributed by atoms with Crippen molar-refractivity contribution in [3.63, 3.8) is 0 Å². The molecular formula is C12H26N2. The van der Waals surface area contributed by atoms with E-state index in [4.69, 9.17) is 0 Å². The zero-order valence-electron chi connectivity index (χ0n) is 10.2. The topological polar surface area (TPSA) is 15.3 Å². The van der Waals surface area contributed by atoms with E-state index in [1.54, 1.807) is 0 Å². The highest BCUT2D eigenvalue weighted by Gasteiger charge is 2.22. The van der Waals surface area contributed by atoms with Gasteiger partial charge >= 0.3 is 0 Å². The lowest BCUT2D eigenvalue weighted by molar-refractivity contribution is 0.125. The van der Waals surface area contributed by atoms with Crippen molar-refractivity contribution in [3.05, 3.63) is 0 Å². The zero-order valence-corrected chi connectivity index (χ0v) is 10.2. The molecule has 0 saturated carbocycles. The molecule has 0 aromatic heterocycles. The fourth-order valence-corrected chi connectivity index (χ4v) is 2.34. The van der Waals surface area contributed by atoms with Gasteiger partial charge < -0.3 is 5.32 Å². The first kappa shape index (κ1) is 12.0. The van der Waals surface area contributed by atoms with Crippen LogP contribution in [-0.4, -0.2) is 36.6 Å². The Morgan fingerprint density at radius 2 is 2.14 bits per heavy atom. The molecule has 0 spiro atoms. The highest BCUT2D eigenvalue weighted by Crippen LogP contribution is 2.13. The second-order valence-corrected chi connectivity index (χ2v) is 5.01. The van der Waals surface area contributed by atoms with Gasteiger partial charge in [-0.3, -0.25) is 4.90 Å². The number of rotatable bonds is 4. The lowest BCUT2D eigenvalue weighted by Crippen LogP contribution is -2.55. The summed E-state index contributed by atoms with van der Waals surface area (Å²) in [5.74, 6) is 0.854. The predicted octanol–water partition coefficient (Wildman–Crippen LogP) is 2.10. The summed E-state index contributed by atoms with van der Waals surface area (Å²) >= 11 is 0. The first-order chi connectivity index (χ1) is 6.63. The van der Waals surface area contributed by atoms with Gasteiger partial charge in [-0.25, -0.2) is 0 Å². The van der Waals surface area contributed by atoms with Crippen molar-refractivity contribution in [3.8, 4) is 0 Å². The Hall–Kier alpha value is -0.0800. The summed E-state index contributed by atoms with van der Waals surface area (Å²) in [6.07, 6.45) is 2.68. The maximum absolute atomic E-state index is 3.53.